The number of rotatable bonds is 5. The minimum absolute atomic E-state index is 0.0580. The molecule has 23 heavy (non-hydrogen) atoms. The standard InChI is InChI=1S/C18H24N2O3/c1-2-5-15-10-20(11-16(15)18(22)23)17(21)12-19-8-13-6-3-4-7-14(13)9-19/h3-4,6-7,15-16H,2,5,8-12H2,1H3,(H,22,23). The van der Waals surface area contributed by atoms with E-state index in [4.69, 9.17) is 0 Å². The number of nitrogens with zero attached hydrogens (tertiary/aromatic N) is 2. The molecule has 0 saturated carbocycles. The van der Waals surface area contributed by atoms with Gasteiger partial charge in [-0.3, -0.25) is 14.5 Å². The van der Waals surface area contributed by atoms with Crippen LogP contribution in [0.5, 0.6) is 0 Å². The van der Waals surface area contributed by atoms with Crippen LogP contribution in [0.25, 0.3) is 0 Å². The van der Waals surface area contributed by atoms with Crippen LogP contribution < -0.4 is 0 Å². The lowest BCUT2D eigenvalue weighted by Gasteiger charge is -2.21. The summed E-state index contributed by atoms with van der Waals surface area (Å²) in [6.45, 7) is 4.99. The van der Waals surface area contributed by atoms with E-state index in [0.717, 1.165) is 25.9 Å². The smallest absolute Gasteiger partial charge is 0.308 e. The summed E-state index contributed by atoms with van der Waals surface area (Å²) in [5.74, 6) is -1.03. The molecule has 1 saturated heterocycles. The first-order valence-electron chi connectivity index (χ1n) is 8.38. The third kappa shape index (κ3) is 3.39. The summed E-state index contributed by atoms with van der Waals surface area (Å²) in [4.78, 5) is 27.8. The van der Waals surface area contributed by atoms with E-state index in [0.29, 0.717) is 19.6 Å². The van der Waals surface area contributed by atoms with Crippen molar-refractivity contribution in [2.75, 3.05) is 19.6 Å². The molecule has 1 amide bonds. The first-order chi connectivity index (χ1) is 11.1. The molecular formula is C18H24N2O3. The van der Waals surface area contributed by atoms with E-state index < -0.39 is 11.9 Å². The van der Waals surface area contributed by atoms with Gasteiger partial charge in [0.05, 0.1) is 12.5 Å². The molecule has 2 aliphatic rings. The quantitative estimate of drug-likeness (QED) is 0.902. The minimum atomic E-state index is -0.771. The Balaban J connectivity index is 1.58. The Hall–Kier alpha value is -1.88. The van der Waals surface area contributed by atoms with Gasteiger partial charge in [0.15, 0.2) is 0 Å². The molecule has 2 aliphatic heterocycles. The summed E-state index contributed by atoms with van der Waals surface area (Å²) >= 11 is 0. The molecule has 0 aliphatic carbocycles. The highest BCUT2D eigenvalue weighted by Gasteiger charge is 2.39. The fourth-order valence-corrected chi connectivity index (χ4v) is 3.82. The minimum Gasteiger partial charge on any atom is -0.481 e. The van der Waals surface area contributed by atoms with Gasteiger partial charge in [-0.05, 0) is 23.5 Å². The third-order valence-electron chi connectivity index (χ3n) is 5.04. The van der Waals surface area contributed by atoms with E-state index in [1.165, 1.54) is 11.1 Å². The molecule has 5 nitrogen and oxygen atoms in total. The number of benzene rings is 1. The Labute approximate surface area is 136 Å². The maximum absolute atomic E-state index is 12.6. The second-order valence-electron chi connectivity index (χ2n) is 6.71. The topological polar surface area (TPSA) is 60.9 Å². The molecule has 0 spiro atoms. The first kappa shape index (κ1) is 16.0. The van der Waals surface area contributed by atoms with Crippen molar-refractivity contribution >= 4 is 11.9 Å². The van der Waals surface area contributed by atoms with Crippen LogP contribution in [-0.2, 0) is 22.7 Å². The van der Waals surface area contributed by atoms with Crippen molar-refractivity contribution in [3.63, 3.8) is 0 Å². The number of hydrogen-bond donors (Lipinski definition) is 1. The Bertz CT molecular complexity index is 577. The molecule has 0 aromatic heterocycles. The van der Waals surface area contributed by atoms with Crippen LogP contribution in [0.15, 0.2) is 24.3 Å². The number of fused-ring (bicyclic) bond motifs is 1. The van der Waals surface area contributed by atoms with E-state index in [-0.39, 0.29) is 11.8 Å². The number of aliphatic carboxylic acids is 1. The van der Waals surface area contributed by atoms with Crippen molar-refractivity contribution in [1.29, 1.82) is 0 Å². The molecule has 1 aromatic carbocycles. The molecular weight excluding hydrogens is 292 g/mol. The number of hydrogen-bond acceptors (Lipinski definition) is 3. The lowest BCUT2D eigenvalue weighted by atomic mass is 9.92. The first-order valence-corrected chi connectivity index (χ1v) is 8.38. The molecule has 2 heterocycles. The Kier molecular flexibility index (Phi) is 4.66. The number of likely N-dealkylation sites (tertiary alicyclic amines) is 1. The molecule has 3 rings (SSSR count). The fourth-order valence-electron chi connectivity index (χ4n) is 3.82. The van der Waals surface area contributed by atoms with Crippen LogP contribution in [0.2, 0.25) is 0 Å². The van der Waals surface area contributed by atoms with Gasteiger partial charge < -0.3 is 10.0 Å². The van der Waals surface area contributed by atoms with E-state index in [9.17, 15) is 14.7 Å². The van der Waals surface area contributed by atoms with Gasteiger partial charge in [-0.1, -0.05) is 37.6 Å². The number of carbonyl (C=O) groups excluding carboxylic acids is 1. The molecule has 0 radical (unpaired) electrons. The zero-order valence-corrected chi connectivity index (χ0v) is 13.6. The average Bonchev–Trinajstić information content (AvgIpc) is 3.10. The highest BCUT2D eigenvalue weighted by atomic mass is 16.4. The Morgan fingerprint density at radius 3 is 2.39 bits per heavy atom. The highest BCUT2D eigenvalue weighted by Crippen LogP contribution is 2.28. The summed E-state index contributed by atoms with van der Waals surface area (Å²) in [6, 6.07) is 8.26. The Morgan fingerprint density at radius 1 is 1.17 bits per heavy atom. The van der Waals surface area contributed by atoms with Crippen molar-refractivity contribution in [2.45, 2.75) is 32.9 Å². The second kappa shape index (κ2) is 6.71. The van der Waals surface area contributed by atoms with Crippen molar-refractivity contribution in [3.8, 4) is 0 Å². The van der Waals surface area contributed by atoms with E-state index in [1.54, 1.807) is 4.90 Å². The fraction of sp³-hybridized carbons (Fsp3) is 0.556. The van der Waals surface area contributed by atoms with Crippen molar-refractivity contribution in [2.24, 2.45) is 11.8 Å². The highest BCUT2D eigenvalue weighted by molar-refractivity contribution is 5.80. The van der Waals surface area contributed by atoms with Crippen molar-refractivity contribution in [1.82, 2.24) is 9.80 Å². The van der Waals surface area contributed by atoms with Crippen LogP contribution in [0, 0.1) is 11.8 Å². The van der Waals surface area contributed by atoms with Crippen LogP contribution in [-0.4, -0.2) is 46.4 Å². The molecule has 2 atom stereocenters. The van der Waals surface area contributed by atoms with Crippen molar-refractivity contribution < 1.29 is 14.7 Å². The molecule has 2 unspecified atom stereocenters. The maximum atomic E-state index is 12.6. The number of carboxylic acid groups (broad SMARTS) is 1. The van der Waals surface area contributed by atoms with Crippen LogP contribution >= 0.6 is 0 Å². The number of carboxylic acids is 1. The van der Waals surface area contributed by atoms with Gasteiger partial charge in [-0.15, -0.1) is 0 Å². The molecule has 5 heteroatoms. The predicted octanol–water partition coefficient (Wildman–Crippen LogP) is 1.96. The van der Waals surface area contributed by atoms with Gasteiger partial charge in [-0.25, -0.2) is 0 Å². The molecule has 1 aromatic rings. The van der Waals surface area contributed by atoms with Crippen molar-refractivity contribution in [3.05, 3.63) is 35.4 Å². The summed E-state index contributed by atoms with van der Waals surface area (Å²) in [7, 11) is 0. The molecule has 1 N–H and O–H groups in total. The lowest BCUT2D eigenvalue weighted by molar-refractivity contribution is -0.142. The summed E-state index contributed by atoms with van der Waals surface area (Å²) in [5, 5.41) is 9.36. The summed E-state index contributed by atoms with van der Waals surface area (Å²) in [6.07, 6.45) is 1.83. The second-order valence-corrected chi connectivity index (χ2v) is 6.71. The average molecular weight is 316 g/mol. The molecule has 1 fully saturated rings. The largest absolute Gasteiger partial charge is 0.481 e. The van der Waals surface area contributed by atoms with Crippen LogP contribution in [0.4, 0.5) is 0 Å². The van der Waals surface area contributed by atoms with Gasteiger partial charge in [0, 0.05) is 26.2 Å². The van der Waals surface area contributed by atoms with E-state index in [1.807, 2.05) is 12.1 Å². The predicted molar refractivity (Wildman–Crippen MR) is 86.7 cm³/mol. The van der Waals surface area contributed by atoms with Gasteiger partial charge in [-0.2, -0.15) is 0 Å². The SMILES string of the molecule is CCCC1CN(C(=O)CN2Cc3ccccc3C2)CC1C(=O)O. The van der Waals surface area contributed by atoms with E-state index in [2.05, 4.69) is 24.0 Å². The normalized spacial score (nSPS) is 24.0. The summed E-state index contributed by atoms with van der Waals surface area (Å²) < 4.78 is 0. The van der Waals surface area contributed by atoms with Gasteiger partial charge in [0.25, 0.3) is 0 Å². The zero-order chi connectivity index (χ0) is 16.4. The number of carbonyl (C=O) groups is 2. The third-order valence-corrected chi connectivity index (χ3v) is 5.04. The zero-order valence-electron chi connectivity index (χ0n) is 13.6. The monoisotopic (exact) mass is 316 g/mol. The van der Waals surface area contributed by atoms with Gasteiger partial charge >= 0.3 is 5.97 Å². The Morgan fingerprint density at radius 2 is 1.83 bits per heavy atom. The maximum Gasteiger partial charge on any atom is 0.308 e. The van der Waals surface area contributed by atoms with Gasteiger partial charge in [0.2, 0.25) is 5.91 Å². The number of amides is 1. The van der Waals surface area contributed by atoms with Crippen LogP contribution in [0.1, 0.15) is 30.9 Å². The van der Waals surface area contributed by atoms with Crippen LogP contribution in [0.3, 0.4) is 0 Å². The van der Waals surface area contributed by atoms with Gasteiger partial charge in [0.1, 0.15) is 0 Å². The molecule has 0 bridgehead atoms. The molecule has 124 valence electrons. The van der Waals surface area contributed by atoms with E-state index >= 15 is 0 Å². The lowest BCUT2D eigenvalue weighted by Crippen LogP contribution is -2.37. The summed E-state index contributed by atoms with van der Waals surface area (Å²) in [5.41, 5.74) is 2.57.